The second kappa shape index (κ2) is 8.48. The van der Waals surface area contributed by atoms with Crippen molar-refractivity contribution in [1.82, 2.24) is 20.2 Å². The minimum atomic E-state index is -0.0263. The van der Waals surface area contributed by atoms with Crippen molar-refractivity contribution in [3.8, 4) is 0 Å². The third-order valence-corrected chi connectivity index (χ3v) is 5.28. The lowest BCUT2D eigenvalue weighted by molar-refractivity contribution is -0.00168. The molecule has 1 aliphatic heterocycles. The number of nitrogens with zero attached hydrogens (tertiary/aromatic N) is 3. The highest BCUT2D eigenvalue weighted by Crippen LogP contribution is 2.20. The Morgan fingerprint density at radius 2 is 2.22 bits per heavy atom. The van der Waals surface area contributed by atoms with Crippen LogP contribution in [0.25, 0.3) is 0 Å². The number of ether oxygens (including phenoxy) is 1. The zero-order valence-corrected chi connectivity index (χ0v) is 15.6. The minimum Gasteiger partial charge on any atom is -0.370 e. The molecule has 6 heteroatoms. The first-order valence-corrected chi connectivity index (χ1v) is 9.79. The molecule has 27 heavy (non-hydrogen) atoms. The van der Waals surface area contributed by atoms with E-state index in [2.05, 4.69) is 21.4 Å². The molecule has 1 N–H and O–H groups in total. The molecule has 0 aromatic carbocycles. The largest absolute Gasteiger partial charge is 0.370 e. The smallest absolute Gasteiger partial charge is 0.317 e. The van der Waals surface area contributed by atoms with E-state index in [-0.39, 0.29) is 12.1 Å². The van der Waals surface area contributed by atoms with Gasteiger partial charge in [0, 0.05) is 37.7 Å². The highest BCUT2D eigenvalue weighted by Gasteiger charge is 2.24. The van der Waals surface area contributed by atoms with E-state index in [1.165, 1.54) is 17.7 Å². The van der Waals surface area contributed by atoms with Crippen molar-refractivity contribution in [2.75, 3.05) is 13.1 Å². The van der Waals surface area contributed by atoms with E-state index in [4.69, 9.17) is 4.74 Å². The number of carbonyl (C=O) groups excluding carboxylic acids is 1. The van der Waals surface area contributed by atoms with Gasteiger partial charge in [0.1, 0.15) is 0 Å². The van der Waals surface area contributed by atoms with Gasteiger partial charge in [0.2, 0.25) is 0 Å². The summed E-state index contributed by atoms with van der Waals surface area (Å²) in [6, 6.07) is 7.97. The minimum absolute atomic E-state index is 0.0263. The van der Waals surface area contributed by atoms with Crippen LogP contribution in [0.3, 0.4) is 0 Å². The molecule has 2 aromatic rings. The van der Waals surface area contributed by atoms with Crippen LogP contribution < -0.4 is 5.32 Å². The highest BCUT2D eigenvalue weighted by molar-refractivity contribution is 5.74. The van der Waals surface area contributed by atoms with Gasteiger partial charge in [0.15, 0.2) is 0 Å². The summed E-state index contributed by atoms with van der Waals surface area (Å²) in [5.41, 5.74) is 4.55. The number of rotatable bonds is 5. The number of hydrogen-bond acceptors (Lipinski definition) is 4. The number of hydrogen-bond donors (Lipinski definition) is 1. The first-order valence-electron chi connectivity index (χ1n) is 9.79. The van der Waals surface area contributed by atoms with E-state index in [1.54, 1.807) is 6.20 Å². The molecule has 1 atom stereocenters. The van der Waals surface area contributed by atoms with Gasteiger partial charge in [0.05, 0.1) is 18.4 Å². The van der Waals surface area contributed by atoms with Gasteiger partial charge >= 0.3 is 6.03 Å². The lowest BCUT2D eigenvalue weighted by Crippen LogP contribution is -2.47. The quantitative estimate of drug-likeness (QED) is 0.884. The normalized spacial score (nSPS) is 19.0. The average molecular weight is 366 g/mol. The predicted octanol–water partition coefficient (Wildman–Crippen LogP) is 2.86. The van der Waals surface area contributed by atoms with Gasteiger partial charge in [-0.1, -0.05) is 12.1 Å². The Labute approximate surface area is 160 Å². The van der Waals surface area contributed by atoms with Gasteiger partial charge in [-0.3, -0.25) is 9.97 Å². The van der Waals surface area contributed by atoms with Gasteiger partial charge in [-0.25, -0.2) is 4.79 Å². The molecule has 0 unspecified atom stereocenters. The zero-order chi connectivity index (χ0) is 18.5. The van der Waals surface area contributed by atoms with Crippen molar-refractivity contribution in [1.29, 1.82) is 0 Å². The molecule has 4 rings (SSSR count). The molecule has 0 saturated carbocycles. The van der Waals surface area contributed by atoms with Gasteiger partial charge in [0.25, 0.3) is 0 Å². The van der Waals surface area contributed by atoms with Gasteiger partial charge < -0.3 is 15.0 Å². The Morgan fingerprint density at radius 1 is 1.26 bits per heavy atom. The number of likely N-dealkylation sites (tertiary alicyclic amines) is 1. The summed E-state index contributed by atoms with van der Waals surface area (Å²) < 4.78 is 5.97. The molecule has 0 bridgehead atoms. The molecule has 0 spiro atoms. The van der Waals surface area contributed by atoms with Crippen LogP contribution in [0.15, 0.2) is 36.7 Å². The number of aromatic nitrogens is 2. The van der Waals surface area contributed by atoms with Crippen LogP contribution in [0.5, 0.6) is 0 Å². The van der Waals surface area contributed by atoms with Crippen LogP contribution in [-0.2, 0) is 30.7 Å². The van der Waals surface area contributed by atoms with E-state index in [0.29, 0.717) is 19.7 Å². The van der Waals surface area contributed by atoms with Crippen molar-refractivity contribution in [2.24, 2.45) is 0 Å². The fraction of sp³-hybridized carbons (Fsp3) is 0.476. The predicted molar refractivity (Wildman–Crippen MR) is 102 cm³/mol. The van der Waals surface area contributed by atoms with E-state index in [0.717, 1.165) is 43.5 Å². The van der Waals surface area contributed by atoms with E-state index >= 15 is 0 Å². The second-order valence-corrected chi connectivity index (χ2v) is 7.30. The zero-order valence-electron chi connectivity index (χ0n) is 15.6. The fourth-order valence-electron chi connectivity index (χ4n) is 3.81. The number of urea groups is 1. The Morgan fingerprint density at radius 3 is 3.11 bits per heavy atom. The SMILES string of the molecule is O=C(NCc1cnc2c(c1)CCC2)N1CCC[C@@H](OCc2ccccn2)C1. The van der Waals surface area contributed by atoms with Crippen molar-refractivity contribution < 1.29 is 9.53 Å². The Kier molecular flexibility index (Phi) is 5.63. The summed E-state index contributed by atoms with van der Waals surface area (Å²) in [7, 11) is 0. The van der Waals surface area contributed by atoms with E-state index in [1.807, 2.05) is 29.3 Å². The summed E-state index contributed by atoms with van der Waals surface area (Å²) in [6.07, 6.45) is 9.03. The molecule has 6 nitrogen and oxygen atoms in total. The molecular formula is C21H26N4O2. The molecular weight excluding hydrogens is 340 g/mol. The molecule has 0 radical (unpaired) electrons. The molecule has 3 heterocycles. The maximum atomic E-state index is 12.6. The molecule has 2 amide bonds. The average Bonchev–Trinajstić information content (AvgIpc) is 3.19. The summed E-state index contributed by atoms with van der Waals surface area (Å²) in [4.78, 5) is 23.2. The second-order valence-electron chi connectivity index (χ2n) is 7.30. The van der Waals surface area contributed by atoms with Crippen LogP contribution in [-0.4, -0.2) is 40.1 Å². The Bertz CT molecular complexity index is 781. The molecule has 142 valence electrons. The lowest BCUT2D eigenvalue weighted by atomic mass is 10.1. The number of nitrogens with one attached hydrogen (secondary N) is 1. The third-order valence-electron chi connectivity index (χ3n) is 5.28. The monoisotopic (exact) mass is 366 g/mol. The van der Waals surface area contributed by atoms with Gasteiger partial charge in [-0.2, -0.15) is 0 Å². The van der Waals surface area contributed by atoms with Crippen LogP contribution in [0.4, 0.5) is 4.79 Å². The molecule has 2 aromatic heterocycles. The molecule has 2 aliphatic rings. The maximum Gasteiger partial charge on any atom is 0.317 e. The first kappa shape index (κ1) is 17.9. The maximum absolute atomic E-state index is 12.6. The van der Waals surface area contributed by atoms with Crippen LogP contribution >= 0.6 is 0 Å². The summed E-state index contributed by atoms with van der Waals surface area (Å²) in [5.74, 6) is 0. The van der Waals surface area contributed by atoms with Crippen molar-refractivity contribution >= 4 is 6.03 Å². The lowest BCUT2D eigenvalue weighted by Gasteiger charge is -2.32. The molecule has 1 aliphatic carbocycles. The Hall–Kier alpha value is -2.47. The number of pyridine rings is 2. The van der Waals surface area contributed by atoms with Crippen LogP contribution in [0, 0.1) is 0 Å². The molecule has 1 fully saturated rings. The van der Waals surface area contributed by atoms with E-state index < -0.39 is 0 Å². The van der Waals surface area contributed by atoms with Gasteiger partial charge in [-0.15, -0.1) is 0 Å². The standard InChI is InChI=1S/C21H26N4O2/c26-21(24-13-16-11-17-5-3-8-20(17)23-12-16)25-10-4-7-19(14-25)27-15-18-6-1-2-9-22-18/h1-2,6,9,11-12,19H,3-5,7-8,10,13-15H2,(H,24,26)/t19-/m1/s1. The topological polar surface area (TPSA) is 67.4 Å². The van der Waals surface area contributed by atoms with Crippen molar-refractivity contribution in [3.05, 3.63) is 59.2 Å². The van der Waals surface area contributed by atoms with E-state index in [9.17, 15) is 4.79 Å². The molecule has 1 saturated heterocycles. The van der Waals surface area contributed by atoms with Crippen LogP contribution in [0.2, 0.25) is 0 Å². The number of piperidine rings is 1. The summed E-state index contributed by atoms with van der Waals surface area (Å²) in [6.45, 7) is 2.41. The van der Waals surface area contributed by atoms with Crippen molar-refractivity contribution in [2.45, 2.75) is 51.4 Å². The Balaban J connectivity index is 1.25. The van der Waals surface area contributed by atoms with Crippen LogP contribution in [0.1, 0.15) is 41.8 Å². The fourth-order valence-corrected chi connectivity index (χ4v) is 3.81. The third kappa shape index (κ3) is 4.63. The van der Waals surface area contributed by atoms with Crippen molar-refractivity contribution in [3.63, 3.8) is 0 Å². The summed E-state index contributed by atoms with van der Waals surface area (Å²) >= 11 is 0. The highest BCUT2D eigenvalue weighted by atomic mass is 16.5. The number of aryl methyl sites for hydroxylation is 2. The number of fused-ring (bicyclic) bond motifs is 1. The number of carbonyl (C=O) groups is 1. The van der Waals surface area contributed by atoms with Gasteiger partial charge in [-0.05, 0) is 55.4 Å². The summed E-state index contributed by atoms with van der Waals surface area (Å²) in [5, 5.41) is 3.03. The first-order chi connectivity index (χ1) is 13.3. The number of amides is 2.